The number of imide groups is 1. The highest BCUT2D eigenvalue weighted by atomic mass is 16.5. The fraction of sp³-hybridized carbons (Fsp3) is 0.550. The molecule has 9 nitrogen and oxygen atoms in total. The molecule has 0 aromatic heterocycles. The minimum absolute atomic E-state index is 0.213. The molecular formula is C20H27N5O4. The zero-order chi connectivity index (χ0) is 20.7. The van der Waals surface area contributed by atoms with Gasteiger partial charge in [0.05, 0.1) is 25.9 Å². The monoisotopic (exact) mass is 401 g/mol. The van der Waals surface area contributed by atoms with E-state index in [2.05, 4.69) is 11.0 Å². The SMILES string of the molecule is CCOCCN1C(=O)C2C(N=C3N(c4cc(C)ccc4OC)CCN32)N(C)C1=O. The van der Waals surface area contributed by atoms with E-state index in [0.717, 1.165) is 17.0 Å². The van der Waals surface area contributed by atoms with Crippen molar-refractivity contribution in [3.8, 4) is 5.75 Å². The maximum absolute atomic E-state index is 13.2. The molecule has 0 spiro atoms. The maximum atomic E-state index is 13.2. The lowest BCUT2D eigenvalue weighted by atomic mass is 10.1. The van der Waals surface area contributed by atoms with Crippen LogP contribution in [-0.4, -0.2) is 91.8 Å². The molecule has 2 unspecified atom stereocenters. The van der Waals surface area contributed by atoms with Crippen molar-refractivity contribution >= 4 is 23.6 Å². The summed E-state index contributed by atoms with van der Waals surface area (Å²) < 4.78 is 10.9. The van der Waals surface area contributed by atoms with E-state index in [9.17, 15) is 9.59 Å². The zero-order valence-electron chi connectivity index (χ0n) is 17.3. The minimum atomic E-state index is -0.521. The van der Waals surface area contributed by atoms with Crippen molar-refractivity contribution in [3.05, 3.63) is 23.8 Å². The van der Waals surface area contributed by atoms with Crippen LogP contribution < -0.4 is 9.64 Å². The predicted molar refractivity (Wildman–Crippen MR) is 108 cm³/mol. The van der Waals surface area contributed by atoms with Gasteiger partial charge in [-0.05, 0) is 31.5 Å². The summed E-state index contributed by atoms with van der Waals surface area (Å²) in [6.07, 6.45) is -0.521. The van der Waals surface area contributed by atoms with Crippen molar-refractivity contribution in [2.24, 2.45) is 4.99 Å². The highest BCUT2D eigenvalue weighted by Gasteiger charge is 2.54. The Hall–Kier alpha value is -2.81. The molecule has 156 valence electrons. The second-order valence-corrected chi connectivity index (χ2v) is 7.39. The smallest absolute Gasteiger partial charge is 0.328 e. The first-order chi connectivity index (χ1) is 14.0. The van der Waals surface area contributed by atoms with Gasteiger partial charge in [0.1, 0.15) is 5.75 Å². The average Bonchev–Trinajstić information content (AvgIpc) is 3.28. The average molecular weight is 401 g/mol. The molecule has 2 saturated heterocycles. The van der Waals surface area contributed by atoms with Crippen LogP contribution in [0.1, 0.15) is 12.5 Å². The highest BCUT2D eigenvalue weighted by Crippen LogP contribution is 2.37. The quantitative estimate of drug-likeness (QED) is 0.665. The lowest BCUT2D eigenvalue weighted by molar-refractivity contribution is -0.138. The number of methoxy groups -OCH3 is 1. The largest absolute Gasteiger partial charge is 0.495 e. The summed E-state index contributed by atoms with van der Waals surface area (Å²) >= 11 is 0. The maximum Gasteiger partial charge on any atom is 0.328 e. The van der Waals surface area contributed by atoms with Gasteiger partial charge in [0.2, 0.25) is 5.96 Å². The van der Waals surface area contributed by atoms with Crippen LogP contribution in [0, 0.1) is 6.92 Å². The molecule has 3 amide bonds. The number of carbonyl (C=O) groups is 2. The molecule has 3 aliphatic heterocycles. The van der Waals surface area contributed by atoms with Gasteiger partial charge >= 0.3 is 6.03 Å². The molecule has 0 N–H and O–H groups in total. The fourth-order valence-corrected chi connectivity index (χ4v) is 4.18. The Bertz CT molecular complexity index is 857. The van der Waals surface area contributed by atoms with Crippen molar-refractivity contribution in [1.82, 2.24) is 14.7 Å². The first-order valence-electron chi connectivity index (χ1n) is 9.90. The molecule has 3 heterocycles. The Labute approximate surface area is 170 Å². The van der Waals surface area contributed by atoms with Crippen LogP contribution in [0.3, 0.4) is 0 Å². The summed E-state index contributed by atoms with van der Waals surface area (Å²) in [5, 5.41) is 0. The van der Waals surface area contributed by atoms with E-state index >= 15 is 0 Å². The Morgan fingerprint density at radius 2 is 2.03 bits per heavy atom. The van der Waals surface area contributed by atoms with Gasteiger partial charge in [0, 0.05) is 26.7 Å². The molecule has 1 aromatic rings. The third-order valence-electron chi connectivity index (χ3n) is 5.67. The molecule has 3 aliphatic rings. The summed E-state index contributed by atoms with van der Waals surface area (Å²) in [5.41, 5.74) is 2.03. The first kappa shape index (κ1) is 19.5. The molecule has 29 heavy (non-hydrogen) atoms. The summed E-state index contributed by atoms with van der Waals surface area (Å²) in [6.45, 7) is 6.40. The van der Waals surface area contributed by atoms with Gasteiger partial charge in [-0.15, -0.1) is 0 Å². The molecule has 0 saturated carbocycles. The Balaban J connectivity index is 1.63. The third-order valence-corrected chi connectivity index (χ3v) is 5.67. The molecule has 2 atom stereocenters. The number of carbonyl (C=O) groups excluding carboxylic acids is 2. The Kier molecular flexibility index (Phi) is 5.08. The number of ether oxygens (including phenoxy) is 2. The minimum Gasteiger partial charge on any atom is -0.495 e. The van der Waals surface area contributed by atoms with Gasteiger partial charge in [-0.1, -0.05) is 6.07 Å². The summed E-state index contributed by atoms with van der Waals surface area (Å²) in [4.78, 5) is 37.6. The van der Waals surface area contributed by atoms with Crippen LogP contribution in [0.4, 0.5) is 10.5 Å². The molecule has 2 fully saturated rings. The molecule has 0 bridgehead atoms. The number of nitrogens with zero attached hydrogens (tertiary/aromatic N) is 5. The number of fused-ring (bicyclic) bond motifs is 3. The highest BCUT2D eigenvalue weighted by molar-refractivity contribution is 6.08. The van der Waals surface area contributed by atoms with E-state index in [-0.39, 0.29) is 18.5 Å². The summed E-state index contributed by atoms with van der Waals surface area (Å²) in [5.74, 6) is 1.25. The second-order valence-electron chi connectivity index (χ2n) is 7.39. The van der Waals surface area contributed by atoms with Crippen LogP contribution in [0.5, 0.6) is 5.75 Å². The summed E-state index contributed by atoms with van der Waals surface area (Å²) in [7, 11) is 3.34. The Morgan fingerprint density at radius 3 is 2.76 bits per heavy atom. The van der Waals surface area contributed by atoms with Gasteiger partial charge in [-0.2, -0.15) is 0 Å². The molecule has 4 rings (SSSR count). The number of amides is 3. The number of aryl methyl sites for hydroxylation is 1. The lowest BCUT2D eigenvalue weighted by Gasteiger charge is -2.40. The van der Waals surface area contributed by atoms with Gasteiger partial charge in [0.15, 0.2) is 12.2 Å². The zero-order valence-corrected chi connectivity index (χ0v) is 17.3. The van der Waals surface area contributed by atoms with E-state index in [1.165, 1.54) is 4.90 Å². The van der Waals surface area contributed by atoms with Crippen LogP contribution in [-0.2, 0) is 9.53 Å². The molecule has 9 heteroatoms. The van der Waals surface area contributed by atoms with Crippen LogP contribution >= 0.6 is 0 Å². The standard InChI is InChI=1S/C20H27N5O4/c1-5-29-11-10-25-18(26)16-17(22(3)20(25)27)21-19-23(8-9-24(16)19)14-12-13(2)6-7-15(14)28-4/h6-7,12,16-17H,5,8-11H2,1-4H3. The fourth-order valence-electron chi connectivity index (χ4n) is 4.18. The topological polar surface area (TPSA) is 77.9 Å². The normalized spacial score (nSPS) is 23.5. The number of aliphatic imine (C=N–C) groups is 1. The molecule has 0 aliphatic carbocycles. The van der Waals surface area contributed by atoms with Gasteiger partial charge in [-0.25, -0.2) is 9.79 Å². The van der Waals surface area contributed by atoms with E-state index in [1.807, 2.05) is 30.9 Å². The van der Waals surface area contributed by atoms with Crippen LogP contribution in [0.15, 0.2) is 23.2 Å². The van der Waals surface area contributed by atoms with Crippen molar-refractivity contribution in [2.75, 3.05) is 51.9 Å². The number of benzene rings is 1. The van der Waals surface area contributed by atoms with Crippen LogP contribution in [0.2, 0.25) is 0 Å². The first-order valence-corrected chi connectivity index (χ1v) is 9.90. The lowest BCUT2D eigenvalue weighted by Crippen LogP contribution is -2.65. The third kappa shape index (κ3) is 3.09. The number of hydrogen-bond donors (Lipinski definition) is 0. The van der Waals surface area contributed by atoms with Crippen molar-refractivity contribution in [3.63, 3.8) is 0 Å². The van der Waals surface area contributed by atoms with Crippen LogP contribution in [0.25, 0.3) is 0 Å². The van der Waals surface area contributed by atoms with E-state index < -0.39 is 12.2 Å². The van der Waals surface area contributed by atoms with Gasteiger partial charge < -0.3 is 24.2 Å². The Morgan fingerprint density at radius 1 is 1.24 bits per heavy atom. The number of likely N-dealkylation sites (N-methyl/N-ethyl adjacent to an activating group) is 1. The number of hydrogen-bond acceptors (Lipinski definition) is 7. The van der Waals surface area contributed by atoms with Crippen molar-refractivity contribution in [1.29, 1.82) is 0 Å². The molecular weight excluding hydrogens is 374 g/mol. The van der Waals surface area contributed by atoms with Gasteiger partial charge in [0.25, 0.3) is 5.91 Å². The van der Waals surface area contributed by atoms with E-state index in [4.69, 9.17) is 14.5 Å². The number of guanidine groups is 1. The number of anilines is 1. The molecule has 1 aromatic carbocycles. The predicted octanol–water partition coefficient (Wildman–Crippen LogP) is 1.12. The number of urea groups is 1. The number of rotatable bonds is 6. The van der Waals surface area contributed by atoms with Crippen molar-refractivity contribution < 1.29 is 19.1 Å². The van der Waals surface area contributed by atoms with Crippen molar-refractivity contribution in [2.45, 2.75) is 26.1 Å². The van der Waals surface area contributed by atoms with Gasteiger partial charge in [-0.3, -0.25) is 9.69 Å². The second kappa shape index (κ2) is 7.55. The van der Waals surface area contributed by atoms with E-state index in [1.54, 1.807) is 19.1 Å². The molecule has 0 radical (unpaired) electrons. The summed E-state index contributed by atoms with van der Waals surface area (Å²) in [6, 6.07) is 5.15. The van der Waals surface area contributed by atoms with E-state index in [0.29, 0.717) is 32.3 Å².